The summed E-state index contributed by atoms with van der Waals surface area (Å²) in [6.07, 6.45) is 0.903. The van der Waals surface area contributed by atoms with Crippen molar-refractivity contribution in [2.75, 3.05) is 27.3 Å². The number of ether oxygens (including phenoxy) is 4. The molecule has 7 nitrogen and oxygen atoms in total. The Morgan fingerprint density at radius 1 is 1.00 bits per heavy atom. The van der Waals surface area contributed by atoms with Crippen molar-refractivity contribution in [1.82, 2.24) is 4.90 Å². The Kier molecular flexibility index (Phi) is 5.76. The highest BCUT2D eigenvalue weighted by Crippen LogP contribution is 2.40. The van der Waals surface area contributed by atoms with Crippen molar-refractivity contribution in [3.05, 3.63) is 48.0 Å². The largest absolute Gasteiger partial charge is 0.497 e. The van der Waals surface area contributed by atoms with Gasteiger partial charge in [-0.3, -0.25) is 9.59 Å². The van der Waals surface area contributed by atoms with Gasteiger partial charge in [0.15, 0.2) is 11.9 Å². The van der Waals surface area contributed by atoms with Crippen LogP contribution < -0.4 is 18.9 Å². The highest BCUT2D eigenvalue weighted by Gasteiger charge is 2.44. The predicted octanol–water partition coefficient (Wildman–Crippen LogP) is 3.50. The van der Waals surface area contributed by atoms with Crippen molar-refractivity contribution >= 4 is 11.7 Å². The number of nitrogens with zero attached hydrogens (tertiary/aromatic N) is 1. The molecular formula is C24H27NO6. The summed E-state index contributed by atoms with van der Waals surface area (Å²) in [6.45, 7) is 2.78. The number of benzene rings is 2. The number of piperidine rings is 1. The number of fused-ring (bicyclic) bond motifs is 1. The van der Waals surface area contributed by atoms with Crippen LogP contribution in [0, 0.1) is 0 Å². The van der Waals surface area contributed by atoms with Crippen LogP contribution in [0.4, 0.5) is 0 Å². The molecule has 2 heterocycles. The third-order valence-corrected chi connectivity index (χ3v) is 6.00. The van der Waals surface area contributed by atoms with Crippen molar-refractivity contribution < 1.29 is 28.5 Å². The van der Waals surface area contributed by atoms with Crippen molar-refractivity contribution in [2.45, 2.75) is 37.9 Å². The van der Waals surface area contributed by atoms with Crippen LogP contribution in [-0.2, 0) is 4.79 Å². The van der Waals surface area contributed by atoms with Crippen LogP contribution in [0.2, 0.25) is 0 Å². The van der Waals surface area contributed by atoms with Gasteiger partial charge in [0.25, 0.3) is 5.91 Å². The lowest BCUT2D eigenvalue weighted by Crippen LogP contribution is -2.54. The molecule has 0 saturated carbocycles. The zero-order chi connectivity index (χ0) is 22.0. The Labute approximate surface area is 181 Å². The molecule has 1 saturated heterocycles. The topological polar surface area (TPSA) is 74.3 Å². The fourth-order valence-electron chi connectivity index (χ4n) is 4.18. The Bertz CT molecular complexity index is 963. The molecule has 164 valence electrons. The normalized spacial score (nSPS) is 18.0. The molecule has 0 radical (unpaired) electrons. The van der Waals surface area contributed by atoms with E-state index in [2.05, 4.69) is 0 Å². The average Bonchev–Trinajstić information content (AvgIpc) is 2.79. The van der Waals surface area contributed by atoms with E-state index in [9.17, 15) is 9.59 Å². The van der Waals surface area contributed by atoms with Gasteiger partial charge in [0.2, 0.25) is 0 Å². The molecule has 1 unspecified atom stereocenters. The number of hydrogen-bond donors (Lipinski definition) is 0. The van der Waals surface area contributed by atoms with Crippen LogP contribution in [0.15, 0.2) is 42.5 Å². The van der Waals surface area contributed by atoms with E-state index in [0.717, 1.165) is 5.75 Å². The Balaban J connectivity index is 1.38. The van der Waals surface area contributed by atoms with E-state index in [1.807, 2.05) is 0 Å². The fourth-order valence-corrected chi connectivity index (χ4v) is 4.18. The van der Waals surface area contributed by atoms with Crippen LogP contribution in [0.5, 0.6) is 23.0 Å². The lowest BCUT2D eigenvalue weighted by Gasteiger charge is -2.44. The lowest BCUT2D eigenvalue weighted by atomic mass is 9.82. The van der Waals surface area contributed by atoms with E-state index >= 15 is 0 Å². The van der Waals surface area contributed by atoms with E-state index in [4.69, 9.17) is 18.9 Å². The molecule has 1 fully saturated rings. The molecule has 1 amide bonds. The van der Waals surface area contributed by atoms with Crippen molar-refractivity contribution in [1.29, 1.82) is 0 Å². The van der Waals surface area contributed by atoms with Crippen molar-refractivity contribution in [3.63, 3.8) is 0 Å². The Morgan fingerprint density at radius 2 is 1.61 bits per heavy atom. The second-order valence-corrected chi connectivity index (χ2v) is 8.01. The first-order valence-electron chi connectivity index (χ1n) is 10.4. The summed E-state index contributed by atoms with van der Waals surface area (Å²) >= 11 is 0. The maximum atomic E-state index is 12.9. The summed E-state index contributed by atoms with van der Waals surface area (Å²) in [5, 5.41) is 0. The smallest absolute Gasteiger partial charge is 0.263 e. The summed E-state index contributed by atoms with van der Waals surface area (Å²) in [5.74, 6) is 2.55. The van der Waals surface area contributed by atoms with Crippen LogP contribution in [0.25, 0.3) is 0 Å². The average molecular weight is 425 g/mol. The zero-order valence-electron chi connectivity index (χ0n) is 18.1. The maximum absolute atomic E-state index is 12.9. The number of likely N-dealkylation sites (tertiary alicyclic amines) is 1. The molecule has 1 atom stereocenters. The summed E-state index contributed by atoms with van der Waals surface area (Å²) in [5.41, 5.74) is 0.0132. The van der Waals surface area contributed by atoms with Gasteiger partial charge in [0, 0.05) is 32.0 Å². The van der Waals surface area contributed by atoms with Gasteiger partial charge in [0.05, 0.1) is 26.2 Å². The second-order valence-electron chi connectivity index (χ2n) is 8.01. The number of Topliss-reactive ketones (excluding diaryl/α,β-unsaturated/α-hetero) is 1. The number of amides is 1. The first-order chi connectivity index (χ1) is 14.9. The first kappa shape index (κ1) is 21.0. The van der Waals surface area contributed by atoms with Crippen LogP contribution in [-0.4, -0.2) is 55.6 Å². The standard InChI is InChI=1S/C24H27NO6/c1-16(30-18-6-4-17(28-2)5-7-18)23(27)25-12-10-24(11-13-25)15-21(26)20-9-8-19(29-3)14-22(20)31-24/h4-9,14,16H,10-13,15H2,1-3H3. The molecule has 0 aliphatic carbocycles. The summed E-state index contributed by atoms with van der Waals surface area (Å²) in [4.78, 5) is 27.4. The van der Waals surface area contributed by atoms with Gasteiger partial charge in [-0.25, -0.2) is 0 Å². The van der Waals surface area contributed by atoms with Gasteiger partial charge in [-0.1, -0.05) is 0 Å². The van der Waals surface area contributed by atoms with Crippen molar-refractivity contribution in [2.24, 2.45) is 0 Å². The molecule has 2 aliphatic rings. The summed E-state index contributed by atoms with van der Waals surface area (Å²) in [7, 11) is 3.19. The molecule has 4 rings (SSSR count). The number of carbonyl (C=O) groups is 2. The molecule has 0 bridgehead atoms. The molecule has 1 spiro atoms. The molecule has 0 N–H and O–H groups in total. The SMILES string of the molecule is COc1ccc(OC(C)C(=O)N2CCC3(CC2)CC(=O)c2ccc(OC)cc2O3)cc1. The third kappa shape index (κ3) is 4.31. The van der Waals surface area contributed by atoms with Gasteiger partial charge in [-0.2, -0.15) is 0 Å². The molecule has 2 aliphatic heterocycles. The summed E-state index contributed by atoms with van der Waals surface area (Å²) in [6, 6.07) is 12.4. The van der Waals surface area contributed by atoms with Gasteiger partial charge in [-0.05, 0) is 43.3 Å². The van der Waals surface area contributed by atoms with Gasteiger partial charge >= 0.3 is 0 Å². The minimum atomic E-state index is -0.610. The minimum absolute atomic E-state index is 0.0693. The van der Waals surface area contributed by atoms with Crippen LogP contribution >= 0.6 is 0 Å². The number of rotatable bonds is 5. The second kappa shape index (κ2) is 8.49. The van der Waals surface area contributed by atoms with Crippen LogP contribution in [0.3, 0.4) is 0 Å². The summed E-state index contributed by atoms with van der Waals surface area (Å²) < 4.78 is 22.5. The fraction of sp³-hybridized carbons (Fsp3) is 0.417. The molecule has 31 heavy (non-hydrogen) atoms. The monoisotopic (exact) mass is 425 g/mol. The third-order valence-electron chi connectivity index (χ3n) is 6.00. The van der Waals surface area contributed by atoms with E-state index < -0.39 is 11.7 Å². The van der Waals surface area contributed by atoms with E-state index in [0.29, 0.717) is 55.2 Å². The van der Waals surface area contributed by atoms with E-state index in [-0.39, 0.29) is 11.7 Å². The Hall–Kier alpha value is -3.22. The van der Waals surface area contributed by atoms with Gasteiger partial charge in [0.1, 0.15) is 28.6 Å². The number of carbonyl (C=O) groups excluding carboxylic acids is 2. The zero-order valence-corrected chi connectivity index (χ0v) is 18.1. The number of methoxy groups -OCH3 is 2. The quantitative estimate of drug-likeness (QED) is 0.730. The molecule has 2 aromatic carbocycles. The first-order valence-corrected chi connectivity index (χ1v) is 10.4. The number of hydrogen-bond acceptors (Lipinski definition) is 6. The highest BCUT2D eigenvalue weighted by atomic mass is 16.5. The lowest BCUT2D eigenvalue weighted by molar-refractivity contribution is -0.141. The van der Waals surface area contributed by atoms with Crippen LogP contribution in [0.1, 0.15) is 36.5 Å². The number of ketones is 1. The van der Waals surface area contributed by atoms with Gasteiger partial charge < -0.3 is 23.8 Å². The molecule has 7 heteroatoms. The van der Waals surface area contributed by atoms with E-state index in [1.54, 1.807) is 68.5 Å². The van der Waals surface area contributed by atoms with Gasteiger partial charge in [-0.15, -0.1) is 0 Å². The Morgan fingerprint density at radius 3 is 2.26 bits per heavy atom. The predicted molar refractivity (Wildman–Crippen MR) is 114 cm³/mol. The maximum Gasteiger partial charge on any atom is 0.263 e. The highest BCUT2D eigenvalue weighted by molar-refractivity contribution is 6.00. The molecule has 0 aromatic heterocycles. The molecular weight excluding hydrogens is 398 g/mol. The van der Waals surface area contributed by atoms with E-state index in [1.165, 1.54) is 0 Å². The molecule has 2 aromatic rings. The van der Waals surface area contributed by atoms with Crippen molar-refractivity contribution in [3.8, 4) is 23.0 Å². The minimum Gasteiger partial charge on any atom is -0.497 e.